The number of rotatable bonds is 8. The van der Waals surface area contributed by atoms with Crippen molar-refractivity contribution in [2.24, 2.45) is 5.73 Å². The van der Waals surface area contributed by atoms with Crippen LogP contribution in [0.3, 0.4) is 0 Å². The Bertz CT molecular complexity index is 731. The third kappa shape index (κ3) is 5.68. The molecule has 2 aromatic rings. The Labute approximate surface area is 145 Å². The first-order valence-electron chi connectivity index (χ1n) is 8.00. The zero-order chi connectivity index (χ0) is 18.2. The van der Waals surface area contributed by atoms with E-state index >= 15 is 0 Å². The number of carbonyl (C=O) groups is 2. The summed E-state index contributed by atoms with van der Waals surface area (Å²) in [6.07, 6.45) is 1.44. The number of aromatic amines is 1. The lowest BCUT2D eigenvalue weighted by molar-refractivity contribution is -0.131. The molecule has 0 saturated carbocycles. The van der Waals surface area contributed by atoms with Crippen molar-refractivity contribution in [1.29, 1.82) is 0 Å². The minimum Gasteiger partial charge on any atom is -0.346 e. The van der Waals surface area contributed by atoms with Gasteiger partial charge in [-0.1, -0.05) is 12.1 Å². The van der Waals surface area contributed by atoms with Crippen molar-refractivity contribution in [1.82, 2.24) is 20.4 Å². The van der Waals surface area contributed by atoms with Gasteiger partial charge in [-0.3, -0.25) is 14.7 Å². The number of aromatic nitrogens is 2. The fraction of sp³-hybridized carbons (Fsp3) is 0.353. The molecule has 1 aromatic carbocycles. The first-order chi connectivity index (χ1) is 12.0. The predicted molar refractivity (Wildman–Crippen MR) is 92.0 cm³/mol. The zero-order valence-corrected chi connectivity index (χ0v) is 14.1. The monoisotopic (exact) mass is 347 g/mol. The molecule has 0 saturated heterocycles. The number of halogens is 1. The van der Waals surface area contributed by atoms with E-state index in [0.717, 1.165) is 12.1 Å². The van der Waals surface area contributed by atoms with Gasteiger partial charge in [-0.05, 0) is 31.0 Å². The number of likely N-dealkylation sites (N-methyl/N-ethyl adjacent to an activating group) is 1. The normalized spacial score (nSPS) is 10.5. The van der Waals surface area contributed by atoms with E-state index in [0.29, 0.717) is 24.2 Å². The van der Waals surface area contributed by atoms with Crippen LogP contribution in [0.5, 0.6) is 0 Å². The summed E-state index contributed by atoms with van der Waals surface area (Å²) in [5.41, 5.74) is 7.47. The third-order valence-corrected chi connectivity index (χ3v) is 3.74. The zero-order valence-electron chi connectivity index (χ0n) is 14.1. The first kappa shape index (κ1) is 18.6. The molecule has 25 heavy (non-hydrogen) atoms. The van der Waals surface area contributed by atoms with Gasteiger partial charge in [0.2, 0.25) is 11.8 Å². The SMILES string of the molecule is CN(CCCc1cc(-c2cccc(F)c2)n[nH]1)C(=O)CNC(=O)CN. The summed E-state index contributed by atoms with van der Waals surface area (Å²) in [6, 6.07) is 8.13. The molecule has 0 unspecified atom stereocenters. The highest BCUT2D eigenvalue weighted by molar-refractivity contribution is 5.85. The van der Waals surface area contributed by atoms with Gasteiger partial charge in [-0.15, -0.1) is 0 Å². The molecule has 4 N–H and O–H groups in total. The molecule has 0 bridgehead atoms. The maximum atomic E-state index is 13.3. The van der Waals surface area contributed by atoms with Crippen LogP contribution in [0.25, 0.3) is 11.3 Å². The van der Waals surface area contributed by atoms with Gasteiger partial charge in [0.25, 0.3) is 0 Å². The highest BCUT2D eigenvalue weighted by Crippen LogP contribution is 2.19. The van der Waals surface area contributed by atoms with Gasteiger partial charge in [-0.2, -0.15) is 5.10 Å². The Balaban J connectivity index is 1.78. The fourth-order valence-electron chi connectivity index (χ4n) is 2.30. The summed E-state index contributed by atoms with van der Waals surface area (Å²) in [6.45, 7) is 0.358. The predicted octanol–water partition coefficient (Wildman–Crippen LogP) is 0.682. The van der Waals surface area contributed by atoms with Crippen LogP contribution < -0.4 is 11.1 Å². The molecule has 2 rings (SSSR count). The van der Waals surface area contributed by atoms with E-state index in [-0.39, 0.29) is 30.7 Å². The Morgan fingerprint density at radius 1 is 1.36 bits per heavy atom. The Kier molecular flexibility index (Phi) is 6.64. The Morgan fingerprint density at radius 3 is 2.88 bits per heavy atom. The molecule has 7 nitrogen and oxygen atoms in total. The van der Waals surface area contributed by atoms with Gasteiger partial charge < -0.3 is 16.0 Å². The quantitative estimate of drug-likeness (QED) is 0.653. The number of H-pyrrole nitrogens is 1. The summed E-state index contributed by atoms with van der Waals surface area (Å²) in [7, 11) is 1.68. The largest absolute Gasteiger partial charge is 0.346 e. The van der Waals surface area contributed by atoms with Crippen molar-refractivity contribution in [2.75, 3.05) is 26.7 Å². The van der Waals surface area contributed by atoms with Crippen molar-refractivity contribution < 1.29 is 14.0 Å². The number of hydrogen-bond acceptors (Lipinski definition) is 4. The second-order valence-electron chi connectivity index (χ2n) is 5.69. The van der Waals surface area contributed by atoms with Gasteiger partial charge in [0.15, 0.2) is 0 Å². The number of nitrogens with one attached hydrogen (secondary N) is 2. The van der Waals surface area contributed by atoms with Crippen LogP contribution in [0.4, 0.5) is 4.39 Å². The number of benzene rings is 1. The lowest BCUT2D eigenvalue weighted by Crippen LogP contribution is -2.40. The van der Waals surface area contributed by atoms with E-state index in [1.807, 2.05) is 6.07 Å². The van der Waals surface area contributed by atoms with Crippen LogP contribution in [-0.2, 0) is 16.0 Å². The van der Waals surface area contributed by atoms with Crippen LogP contribution in [0.15, 0.2) is 30.3 Å². The maximum Gasteiger partial charge on any atom is 0.241 e. The molecular formula is C17H22FN5O2. The Morgan fingerprint density at radius 2 is 2.16 bits per heavy atom. The second kappa shape index (κ2) is 8.93. The van der Waals surface area contributed by atoms with Gasteiger partial charge in [0, 0.05) is 24.8 Å². The van der Waals surface area contributed by atoms with Crippen molar-refractivity contribution in [2.45, 2.75) is 12.8 Å². The molecule has 8 heteroatoms. The summed E-state index contributed by atoms with van der Waals surface area (Å²) in [5.74, 6) is -0.833. The van der Waals surface area contributed by atoms with Gasteiger partial charge in [0.1, 0.15) is 5.82 Å². The molecule has 0 fully saturated rings. The number of nitrogens with two attached hydrogens (primary N) is 1. The average molecular weight is 347 g/mol. The molecular weight excluding hydrogens is 325 g/mol. The van der Waals surface area contributed by atoms with E-state index < -0.39 is 0 Å². The lowest BCUT2D eigenvalue weighted by atomic mass is 10.1. The molecule has 0 aliphatic carbocycles. The average Bonchev–Trinajstić information content (AvgIpc) is 3.08. The van der Waals surface area contributed by atoms with Crippen LogP contribution in [0.2, 0.25) is 0 Å². The highest BCUT2D eigenvalue weighted by atomic mass is 19.1. The van der Waals surface area contributed by atoms with Crippen LogP contribution >= 0.6 is 0 Å². The summed E-state index contributed by atoms with van der Waals surface area (Å²) >= 11 is 0. The Hall–Kier alpha value is -2.74. The van der Waals surface area contributed by atoms with Gasteiger partial charge >= 0.3 is 0 Å². The number of carbonyl (C=O) groups excluding carboxylic acids is 2. The lowest BCUT2D eigenvalue weighted by Gasteiger charge is -2.17. The molecule has 0 aliphatic heterocycles. The summed E-state index contributed by atoms with van der Waals surface area (Å²) in [4.78, 5) is 24.4. The van der Waals surface area contributed by atoms with Crippen molar-refractivity contribution in [3.63, 3.8) is 0 Å². The van der Waals surface area contributed by atoms with Crippen LogP contribution in [0, 0.1) is 5.82 Å². The topological polar surface area (TPSA) is 104 Å². The molecule has 2 amide bonds. The fourth-order valence-corrected chi connectivity index (χ4v) is 2.30. The van der Waals surface area contributed by atoms with Crippen molar-refractivity contribution >= 4 is 11.8 Å². The molecule has 0 radical (unpaired) electrons. The maximum absolute atomic E-state index is 13.3. The first-order valence-corrected chi connectivity index (χ1v) is 8.00. The molecule has 1 aromatic heterocycles. The number of aryl methyl sites for hydroxylation is 1. The minimum atomic E-state index is -0.357. The minimum absolute atomic E-state index is 0.0552. The molecule has 0 spiro atoms. The standard InChI is InChI=1S/C17H22FN5O2/c1-23(17(25)11-20-16(24)10-19)7-3-6-14-9-15(22-21-14)12-4-2-5-13(18)8-12/h2,4-5,8-9H,3,6-7,10-11,19H2,1H3,(H,20,24)(H,21,22). The molecule has 0 aliphatic rings. The molecule has 1 heterocycles. The summed E-state index contributed by atoms with van der Waals surface area (Å²) < 4.78 is 13.3. The molecule has 134 valence electrons. The van der Waals surface area contributed by atoms with Crippen LogP contribution in [0.1, 0.15) is 12.1 Å². The second-order valence-corrected chi connectivity index (χ2v) is 5.69. The molecule has 0 atom stereocenters. The highest BCUT2D eigenvalue weighted by Gasteiger charge is 2.10. The third-order valence-electron chi connectivity index (χ3n) is 3.74. The van der Waals surface area contributed by atoms with E-state index in [1.54, 1.807) is 24.1 Å². The summed E-state index contributed by atoms with van der Waals surface area (Å²) in [5, 5.41) is 9.56. The van der Waals surface area contributed by atoms with E-state index in [2.05, 4.69) is 15.5 Å². The van der Waals surface area contributed by atoms with E-state index in [1.165, 1.54) is 12.1 Å². The number of hydrogen-bond donors (Lipinski definition) is 3. The van der Waals surface area contributed by atoms with Crippen molar-refractivity contribution in [3.05, 3.63) is 41.8 Å². The van der Waals surface area contributed by atoms with E-state index in [9.17, 15) is 14.0 Å². The number of amides is 2. The van der Waals surface area contributed by atoms with Gasteiger partial charge in [0.05, 0.1) is 18.8 Å². The smallest absolute Gasteiger partial charge is 0.241 e. The van der Waals surface area contributed by atoms with E-state index in [4.69, 9.17) is 5.73 Å². The van der Waals surface area contributed by atoms with Gasteiger partial charge in [-0.25, -0.2) is 4.39 Å². The van der Waals surface area contributed by atoms with Crippen LogP contribution in [-0.4, -0.2) is 53.6 Å². The van der Waals surface area contributed by atoms with Crippen molar-refractivity contribution in [3.8, 4) is 11.3 Å². The number of nitrogens with zero attached hydrogens (tertiary/aromatic N) is 2.